The summed E-state index contributed by atoms with van der Waals surface area (Å²) in [7, 11) is 0. The van der Waals surface area contributed by atoms with Crippen LogP contribution in [0, 0.1) is 0 Å². The number of hydrogen-bond acceptors (Lipinski definition) is 4. The van der Waals surface area contributed by atoms with Crippen LogP contribution in [0.2, 0.25) is 0 Å². The number of nitrogens with two attached hydrogens (primary N) is 2. The molecule has 0 saturated heterocycles. The summed E-state index contributed by atoms with van der Waals surface area (Å²) in [5.41, 5.74) is 12.7. The van der Waals surface area contributed by atoms with Crippen molar-refractivity contribution in [2.45, 2.75) is 6.04 Å². The van der Waals surface area contributed by atoms with Gasteiger partial charge in [-0.1, -0.05) is 22.0 Å². The fourth-order valence-corrected chi connectivity index (χ4v) is 2.81. The van der Waals surface area contributed by atoms with E-state index in [1.54, 1.807) is 23.5 Å². The van der Waals surface area contributed by atoms with Gasteiger partial charge < -0.3 is 16.6 Å². The summed E-state index contributed by atoms with van der Waals surface area (Å²) in [6.45, 7) is 0. The van der Waals surface area contributed by atoms with Crippen molar-refractivity contribution in [1.82, 2.24) is 0 Å². The first kappa shape index (κ1) is 11.4. The van der Waals surface area contributed by atoms with Crippen molar-refractivity contribution in [2.24, 2.45) is 5.73 Å². The maximum atomic E-state index is 9.92. The van der Waals surface area contributed by atoms with Crippen LogP contribution < -0.4 is 11.5 Å². The zero-order chi connectivity index (χ0) is 11.7. The Kier molecular flexibility index (Phi) is 3.18. The van der Waals surface area contributed by atoms with Crippen molar-refractivity contribution in [3.05, 3.63) is 44.6 Å². The van der Waals surface area contributed by atoms with E-state index in [0.29, 0.717) is 11.3 Å². The lowest BCUT2D eigenvalue weighted by atomic mass is 10.0. The van der Waals surface area contributed by atoms with Crippen LogP contribution >= 0.6 is 27.3 Å². The minimum atomic E-state index is -0.363. The molecule has 0 amide bonds. The number of phenolic OH excluding ortho intramolecular Hbond substituents is 1. The highest BCUT2D eigenvalue weighted by Crippen LogP contribution is 2.38. The molecule has 1 atom stereocenters. The molecule has 0 aliphatic rings. The minimum absolute atomic E-state index is 0.0512. The quantitative estimate of drug-likeness (QED) is 0.590. The van der Waals surface area contributed by atoms with Gasteiger partial charge in [-0.3, -0.25) is 0 Å². The molecule has 1 aromatic carbocycles. The van der Waals surface area contributed by atoms with E-state index in [-0.39, 0.29) is 11.8 Å². The topological polar surface area (TPSA) is 72.3 Å². The first-order valence-electron chi connectivity index (χ1n) is 4.67. The summed E-state index contributed by atoms with van der Waals surface area (Å²) in [6.07, 6.45) is 0. The highest BCUT2D eigenvalue weighted by atomic mass is 79.9. The smallest absolute Gasteiger partial charge is 0.144 e. The Morgan fingerprint density at radius 3 is 2.69 bits per heavy atom. The van der Waals surface area contributed by atoms with Crippen LogP contribution in [0.3, 0.4) is 0 Å². The Balaban J connectivity index is 2.52. The number of hydrogen-bond donors (Lipinski definition) is 3. The summed E-state index contributed by atoms with van der Waals surface area (Å²) in [5.74, 6) is 0.0512. The first-order chi connectivity index (χ1) is 7.61. The van der Waals surface area contributed by atoms with Gasteiger partial charge in [-0.25, -0.2) is 0 Å². The maximum Gasteiger partial charge on any atom is 0.144 e. The summed E-state index contributed by atoms with van der Waals surface area (Å²) >= 11 is 4.93. The molecule has 3 nitrogen and oxygen atoms in total. The van der Waals surface area contributed by atoms with Gasteiger partial charge in [0.1, 0.15) is 5.75 Å². The molecule has 84 valence electrons. The molecule has 1 aromatic heterocycles. The summed E-state index contributed by atoms with van der Waals surface area (Å²) < 4.78 is 0.764. The molecule has 5 heteroatoms. The Morgan fingerprint density at radius 2 is 2.06 bits per heavy atom. The van der Waals surface area contributed by atoms with Crippen molar-refractivity contribution < 1.29 is 5.11 Å². The molecule has 0 fully saturated rings. The Labute approximate surface area is 106 Å². The number of nitrogen functional groups attached to an aromatic ring is 1. The summed E-state index contributed by atoms with van der Waals surface area (Å²) in [6, 6.07) is 6.93. The molecule has 0 radical (unpaired) electrons. The number of benzene rings is 1. The number of anilines is 1. The highest BCUT2D eigenvalue weighted by molar-refractivity contribution is 9.10. The predicted octanol–water partition coefficient (Wildman–Crippen LogP) is 2.85. The molecule has 0 bridgehead atoms. The predicted molar refractivity (Wildman–Crippen MR) is 70.6 cm³/mol. The molecule has 2 aromatic rings. The minimum Gasteiger partial charge on any atom is -0.505 e. The molecule has 0 saturated carbocycles. The van der Waals surface area contributed by atoms with Crippen LogP contribution in [0.25, 0.3) is 0 Å². The Bertz CT molecular complexity index is 499. The van der Waals surface area contributed by atoms with Crippen LogP contribution in [0.5, 0.6) is 5.75 Å². The first-order valence-corrected chi connectivity index (χ1v) is 6.34. The average molecular weight is 299 g/mol. The molecule has 0 aliphatic heterocycles. The van der Waals surface area contributed by atoms with Crippen molar-refractivity contribution in [1.29, 1.82) is 0 Å². The lowest BCUT2D eigenvalue weighted by molar-refractivity contribution is 0.467. The second-order valence-electron chi connectivity index (χ2n) is 3.39. The van der Waals surface area contributed by atoms with Gasteiger partial charge in [0.2, 0.25) is 0 Å². The van der Waals surface area contributed by atoms with Gasteiger partial charge in [0.15, 0.2) is 0 Å². The highest BCUT2D eigenvalue weighted by Gasteiger charge is 2.18. The number of rotatable bonds is 2. The number of halogens is 1. The molecule has 0 spiro atoms. The van der Waals surface area contributed by atoms with Crippen LogP contribution in [0.15, 0.2) is 34.1 Å². The van der Waals surface area contributed by atoms with E-state index in [2.05, 4.69) is 15.9 Å². The summed E-state index contributed by atoms with van der Waals surface area (Å²) in [5, 5.41) is 11.9. The largest absolute Gasteiger partial charge is 0.505 e. The van der Waals surface area contributed by atoms with Gasteiger partial charge in [0.05, 0.1) is 11.7 Å². The fraction of sp³-hybridized carbons (Fsp3) is 0.0909. The fourth-order valence-electron chi connectivity index (χ4n) is 1.51. The van der Waals surface area contributed by atoms with Crippen molar-refractivity contribution >= 4 is 33.0 Å². The zero-order valence-corrected chi connectivity index (χ0v) is 10.8. The average Bonchev–Trinajstić information content (AvgIpc) is 2.77. The van der Waals surface area contributed by atoms with Gasteiger partial charge in [-0.15, -0.1) is 11.3 Å². The van der Waals surface area contributed by atoms with Crippen LogP contribution in [-0.4, -0.2) is 5.11 Å². The van der Waals surface area contributed by atoms with E-state index in [1.807, 2.05) is 17.5 Å². The van der Waals surface area contributed by atoms with E-state index >= 15 is 0 Å². The number of aromatic hydroxyl groups is 1. The molecule has 0 unspecified atom stereocenters. The third-order valence-electron chi connectivity index (χ3n) is 2.36. The van der Waals surface area contributed by atoms with Crippen molar-refractivity contribution in [3.8, 4) is 5.75 Å². The van der Waals surface area contributed by atoms with E-state index < -0.39 is 0 Å². The molecular weight excluding hydrogens is 288 g/mol. The van der Waals surface area contributed by atoms with E-state index in [1.165, 1.54) is 0 Å². The Morgan fingerprint density at radius 1 is 1.31 bits per heavy atom. The van der Waals surface area contributed by atoms with Gasteiger partial charge in [0, 0.05) is 14.9 Å². The maximum absolute atomic E-state index is 9.92. The Hall–Kier alpha value is -1.04. The van der Waals surface area contributed by atoms with E-state index in [4.69, 9.17) is 11.5 Å². The van der Waals surface area contributed by atoms with Gasteiger partial charge in [0.25, 0.3) is 0 Å². The van der Waals surface area contributed by atoms with E-state index in [0.717, 1.165) is 9.35 Å². The lowest BCUT2D eigenvalue weighted by Gasteiger charge is -2.15. The van der Waals surface area contributed by atoms with Gasteiger partial charge in [-0.2, -0.15) is 0 Å². The zero-order valence-electron chi connectivity index (χ0n) is 8.35. The normalized spacial score (nSPS) is 12.6. The molecular formula is C11H11BrN2OS. The van der Waals surface area contributed by atoms with Crippen LogP contribution in [0.4, 0.5) is 5.69 Å². The van der Waals surface area contributed by atoms with Gasteiger partial charge in [-0.05, 0) is 23.6 Å². The third-order valence-corrected chi connectivity index (χ3v) is 4.00. The molecule has 5 N–H and O–H groups in total. The second kappa shape index (κ2) is 4.45. The second-order valence-corrected chi connectivity index (χ2v) is 5.23. The SMILES string of the molecule is Nc1ccc(Br)c([C@H](N)c2cccs2)c1O. The summed E-state index contributed by atoms with van der Waals surface area (Å²) in [4.78, 5) is 0.988. The van der Waals surface area contributed by atoms with Crippen LogP contribution in [-0.2, 0) is 0 Å². The van der Waals surface area contributed by atoms with Crippen molar-refractivity contribution in [3.63, 3.8) is 0 Å². The lowest BCUT2D eigenvalue weighted by Crippen LogP contribution is -2.11. The molecule has 0 aliphatic carbocycles. The third kappa shape index (κ3) is 1.93. The van der Waals surface area contributed by atoms with E-state index in [9.17, 15) is 5.11 Å². The standard InChI is InChI=1S/C11H11BrN2OS/c12-6-3-4-7(13)11(15)9(6)10(14)8-2-1-5-16-8/h1-5,10,15H,13-14H2/t10-/m1/s1. The van der Waals surface area contributed by atoms with Crippen molar-refractivity contribution in [2.75, 3.05) is 5.73 Å². The number of thiophene rings is 1. The number of phenols is 1. The molecule has 16 heavy (non-hydrogen) atoms. The molecule has 2 rings (SSSR count). The molecule has 1 heterocycles. The van der Waals surface area contributed by atoms with Gasteiger partial charge >= 0.3 is 0 Å². The van der Waals surface area contributed by atoms with Crippen LogP contribution in [0.1, 0.15) is 16.5 Å². The monoisotopic (exact) mass is 298 g/mol.